The van der Waals surface area contributed by atoms with Gasteiger partial charge in [0.05, 0.1) is 33.0 Å². The van der Waals surface area contributed by atoms with Crippen LogP contribution in [0.5, 0.6) is 11.5 Å². The Morgan fingerprint density at radius 2 is 1.17 bits per heavy atom. The molecule has 0 fully saturated rings. The maximum Gasteiger partial charge on any atom is 0.407 e. The Morgan fingerprint density at radius 1 is 0.649 bits per heavy atom. The van der Waals surface area contributed by atoms with Crippen LogP contribution in [0.3, 0.4) is 0 Å². The third-order valence-electron chi connectivity index (χ3n) is 10.8. The van der Waals surface area contributed by atoms with Gasteiger partial charge in [0.1, 0.15) is 11.5 Å². The third kappa shape index (κ3) is 59.2. The molecule has 0 aromatic heterocycles. The van der Waals surface area contributed by atoms with Crippen molar-refractivity contribution >= 4 is 24.1 Å². The number of esters is 2. The van der Waals surface area contributed by atoms with E-state index in [2.05, 4.69) is 95.4 Å². The minimum Gasteiger partial charge on any atom is -0.491 e. The molecule has 456 valence electrons. The van der Waals surface area contributed by atoms with Crippen molar-refractivity contribution in [2.45, 2.75) is 261 Å². The Bertz CT molecular complexity index is 1650. The number of ether oxygens (including phenoxy) is 6. The van der Waals surface area contributed by atoms with Crippen LogP contribution < -0.4 is 25.8 Å². The number of benzene rings is 2. The molecule has 0 aliphatic rings. The second kappa shape index (κ2) is 56.4. The van der Waals surface area contributed by atoms with Gasteiger partial charge < -0.3 is 44.8 Å². The topological polar surface area (TPSA) is 174 Å². The molecule has 0 aliphatic heterocycles. The summed E-state index contributed by atoms with van der Waals surface area (Å²) in [5.74, 6) is 3.52. The summed E-state index contributed by atoms with van der Waals surface area (Å²) in [5.41, 5.74) is 9.33. The van der Waals surface area contributed by atoms with Crippen LogP contribution in [0.4, 0.5) is 9.59 Å². The normalized spacial score (nSPS) is 10.9. The summed E-state index contributed by atoms with van der Waals surface area (Å²) in [6.45, 7) is 48.1. The molecular formula is C64H125N3O10. The third-order valence-corrected chi connectivity index (χ3v) is 10.8. The Labute approximate surface area is 475 Å². The molecule has 13 nitrogen and oxygen atoms in total. The van der Waals surface area contributed by atoms with Gasteiger partial charge in [0.25, 0.3) is 0 Å². The van der Waals surface area contributed by atoms with Crippen molar-refractivity contribution in [3.05, 3.63) is 59.2 Å². The monoisotopic (exact) mass is 1100 g/mol. The predicted octanol–water partition coefficient (Wildman–Crippen LogP) is 17.2. The fourth-order valence-corrected chi connectivity index (χ4v) is 7.13. The summed E-state index contributed by atoms with van der Waals surface area (Å²) in [6.07, 6.45) is 10.8. The number of amides is 2. The van der Waals surface area contributed by atoms with Crippen molar-refractivity contribution in [3.8, 4) is 11.5 Å². The molecule has 2 rings (SSSR count). The number of carbonyl (C=O) groups excluding carboxylic acids is 4. The van der Waals surface area contributed by atoms with Gasteiger partial charge >= 0.3 is 24.1 Å². The molecule has 77 heavy (non-hydrogen) atoms. The van der Waals surface area contributed by atoms with E-state index in [-0.39, 0.29) is 36.9 Å². The van der Waals surface area contributed by atoms with E-state index < -0.39 is 12.2 Å². The summed E-state index contributed by atoms with van der Waals surface area (Å²) in [7, 11) is 4.39. The van der Waals surface area contributed by atoms with Crippen molar-refractivity contribution < 1.29 is 47.6 Å². The van der Waals surface area contributed by atoms with Gasteiger partial charge in [-0.15, -0.1) is 0 Å². The fourth-order valence-electron chi connectivity index (χ4n) is 7.13. The van der Waals surface area contributed by atoms with Gasteiger partial charge in [-0.3, -0.25) is 9.59 Å². The molecule has 4 N–H and O–H groups in total. The Hall–Kier alpha value is -4.36. The van der Waals surface area contributed by atoms with Crippen LogP contribution in [0.15, 0.2) is 42.5 Å². The molecule has 0 saturated heterocycles. The number of unbranched alkanes of at least 4 members (excludes halogenated alkanes) is 3. The maximum absolute atomic E-state index is 11.3. The van der Waals surface area contributed by atoms with Gasteiger partial charge in [-0.05, 0) is 145 Å². The number of aryl methyl sites for hydroxylation is 2. The molecule has 0 spiro atoms. The van der Waals surface area contributed by atoms with E-state index in [9.17, 15) is 19.2 Å². The van der Waals surface area contributed by atoms with Gasteiger partial charge in [0, 0.05) is 45.1 Å². The molecule has 0 radical (unpaired) electrons. The first-order valence-electron chi connectivity index (χ1n) is 28.6. The van der Waals surface area contributed by atoms with Gasteiger partial charge in [-0.1, -0.05) is 155 Å². The zero-order valence-corrected chi connectivity index (χ0v) is 53.8. The predicted molar refractivity (Wildman–Crippen MR) is 330 cm³/mol. The number of hydrogen-bond acceptors (Lipinski definition) is 11. The lowest BCUT2D eigenvalue weighted by atomic mass is 9.75. The van der Waals surface area contributed by atoms with Gasteiger partial charge in [-0.2, -0.15) is 0 Å². The van der Waals surface area contributed by atoms with E-state index in [1.165, 1.54) is 59.3 Å². The summed E-state index contributed by atoms with van der Waals surface area (Å²) in [4.78, 5) is 43.5. The second-order valence-corrected chi connectivity index (χ2v) is 21.0. The number of nitrogens with one attached hydrogen (secondary N) is 2. The molecule has 0 saturated carbocycles. The van der Waals surface area contributed by atoms with E-state index >= 15 is 0 Å². The highest BCUT2D eigenvalue weighted by Crippen LogP contribution is 2.39. The van der Waals surface area contributed by atoms with Crippen LogP contribution in [0, 0.1) is 37.5 Å². The van der Waals surface area contributed by atoms with E-state index in [0.29, 0.717) is 49.0 Å². The van der Waals surface area contributed by atoms with Gasteiger partial charge in [0.15, 0.2) is 0 Å². The minimum absolute atomic E-state index is 0. The summed E-state index contributed by atoms with van der Waals surface area (Å²) in [6, 6.07) is 14.5. The van der Waals surface area contributed by atoms with E-state index in [0.717, 1.165) is 61.2 Å². The first kappa shape index (κ1) is 86.5. The molecule has 0 aliphatic carbocycles. The first-order valence-corrected chi connectivity index (χ1v) is 28.6. The summed E-state index contributed by atoms with van der Waals surface area (Å²) in [5, 5.41) is 5.42. The number of hydrogen-bond donors (Lipinski definition) is 3. The minimum atomic E-state index is -0.414. The van der Waals surface area contributed by atoms with E-state index in [4.69, 9.17) is 24.7 Å². The molecule has 13 heteroatoms. The van der Waals surface area contributed by atoms with Crippen LogP contribution in [-0.4, -0.2) is 82.9 Å². The first-order chi connectivity index (χ1) is 35.5. The number of carbonyl (C=O) groups is 4. The van der Waals surface area contributed by atoms with Crippen molar-refractivity contribution in [1.82, 2.24) is 10.6 Å². The molecule has 0 heterocycles. The van der Waals surface area contributed by atoms with Crippen molar-refractivity contribution in [3.63, 3.8) is 0 Å². The SMILES string of the molecule is C.CC.CC.CC(=O)OCCCC(C)C.CC(=O)Oc1cc(C)cc(C)c1C(C)(C)CC(C)C.CC(C)Oc1ccccc1.CCCCCC(N)C(C)C.COC(=O)NCCCCC(NC(=O)OC)C(C)C.COC(C)C. The number of alkyl carbamates (subject to hydrolysis) is 2. The standard InChI is InChI=1S/C17H26O2.C12H24N2O4.C9H21N.C9H12O.C8H16O2.C4H10O.2C2H6.CH4/c1-11(2)10-17(6,7)16-13(4)8-12(3)9-15(16)19-14(5)18;1-9(2)10(14-12(16)18-4)7-5-6-8-13-11(15)17-3;1-4-5-6-7-9(10)8(2)3;1-8(2)10-9-6-4-3-5-7-9;1-7(2)5-4-6-10-8(3)9;1-4(2)5-3;2*1-2;/h8-9,11H,10H2,1-7H3;9-10H,5-8H2,1-4H3,(H,13,15)(H,14,16);8-9H,4-7,10H2,1-3H3;3-8H,1-2H3;7H,4-6H2,1-3H3;4H,1-3H3;2*1-2H3;1H4. The number of para-hydroxylation sites is 1. The van der Waals surface area contributed by atoms with E-state index in [1.54, 1.807) is 7.11 Å². The molecule has 2 unspecified atom stereocenters. The zero-order valence-electron chi connectivity index (χ0n) is 53.8. The van der Waals surface area contributed by atoms with Crippen LogP contribution in [0.2, 0.25) is 0 Å². The lowest BCUT2D eigenvalue weighted by molar-refractivity contribution is -0.141. The summed E-state index contributed by atoms with van der Waals surface area (Å²) >= 11 is 0. The van der Waals surface area contributed by atoms with Crippen molar-refractivity contribution in [2.24, 2.45) is 29.4 Å². The molecule has 2 aromatic rings. The number of methoxy groups -OCH3 is 3. The van der Waals surface area contributed by atoms with Gasteiger partial charge in [0.2, 0.25) is 0 Å². The lowest BCUT2D eigenvalue weighted by Gasteiger charge is -2.31. The van der Waals surface area contributed by atoms with Crippen molar-refractivity contribution in [1.29, 1.82) is 0 Å². The molecule has 2 aromatic carbocycles. The van der Waals surface area contributed by atoms with Crippen molar-refractivity contribution in [2.75, 3.05) is 34.5 Å². The quantitative estimate of drug-likeness (QED) is 0.0418. The fraction of sp³-hybridized carbons (Fsp3) is 0.750. The van der Waals surface area contributed by atoms with Gasteiger partial charge in [-0.25, -0.2) is 9.59 Å². The smallest absolute Gasteiger partial charge is 0.407 e. The maximum atomic E-state index is 11.3. The molecular weight excluding hydrogens is 971 g/mol. The van der Waals surface area contributed by atoms with E-state index in [1.807, 2.05) is 113 Å². The highest BCUT2D eigenvalue weighted by atomic mass is 16.5. The number of rotatable bonds is 23. The molecule has 2 amide bonds. The average Bonchev–Trinajstić information content (AvgIpc) is 3.33. The zero-order chi connectivity index (χ0) is 60.4. The number of nitrogens with two attached hydrogens (primary N) is 1. The van der Waals surface area contributed by atoms with Crippen LogP contribution in [-0.2, 0) is 34.0 Å². The highest BCUT2D eigenvalue weighted by molar-refractivity contribution is 5.70. The molecule has 0 bridgehead atoms. The average molecular weight is 1100 g/mol. The van der Waals surface area contributed by atoms with Crippen LogP contribution in [0.25, 0.3) is 0 Å². The summed E-state index contributed by atoms with van der Waals surface area (Å²) < 4.78 is 29.4. The van der Waals surface area contributed by atoms with Crippen LogP contribution >= 0.6 is 0 Å². The van der Waals surface area contributed by atoms with Crippen LogP contribution in [0.1, 0.15) is 234 Å². The molecule has 2 atom stereocenters. The Kier molecular flexibility index (Phi) is 63.3. The Morgan fingerprint density at radius 3 is 1.57 bits per heavy atom. The highest BCUT2D eigenvalue weighted by Gasteiger charge is 2.28. The Balaban J connectivity index is -0.000000156. The largest absolute Gasteiger partial charge is 0.491 e. The lowest BCUT2D eigenvalue weighted by Crippen LogP contribution is -2.38. The second-order valence-electron chi connectivity index (χ2n) is 21.0.